The van der Waals surface area contributed by atoms with E-state index in [0.717, 1.165) is 26.2 Å². The van der Waals surface area contributed by atoms with E-state index in [9.17, 15) is 4.79 Å². The summed E-state index contributed by atoms with van der Waals surface area (Å²) in [6.45, 7) is 9.20. The van der Waals surface area contributed by atoms with E-state index in [1.807, 2.05) is 4.90 Å². The smallest absolute Gasteiger partial charge is 0.239 e. The van der Waals surface area contributed by atoms with Crippen LogP contribution in [0.15, 0.2) is 0 Å². The molecule has 0 aromatic heterocycles. The van der Waals surface area contributed by atoms with Crippen molar-refractivity contribution in [2.45, 2.75) is 38.9 Å². The molecule has 3 atom stereocenters. The number of hydrogen-bond donors (Lipinski definition) is 1. The first kappa shape index (κ1) is 14.4. The van der Waals surface area contributed by atoms with Gasteiger partial charge in [-0.25, -0.2) is 0 Å². The summed E-state index contributed by atoms with van der Waals surface area (Å²) < 4.78 is 5.11. The van der Waals surface area contributed by atoms with Gasteiger partial charge in [0.05, 0.1) is 12.6 Å². The van der Waals surface area contributed by atoms with Crippen molar-refractivity contribution in [1.29, 1.82) is 0 Å². The molecule has 0 saturated carbocycles. The molecule has 1 fully saturated rings. The molecule has 1 amide bonds. The molecule has 0 radical (unpaired) electrons. The number of carbonyl (C=O) groups excluding carboxylic acids is 1. The van der Waals surface area contributed by atoms with E-state index in [4.69, 9.17) is 10.5 Å². The Hall–Kier alpha value is -0.650. The van der Waals surface area contributed by atoms with E-state index < -0.39 is 6.04 Å². The fourth-order valence-corrected chi connectivity index (χ4v) is 2.46. The van der Waals surface area contributed by atoms with Crippen LogP contribution in [0.1, 0.15) is 20.8 Å². The predicted molar refractivity (Wildman–Crippen MR) is 67.7 cm³/mol. The second kappa shape index (κ2) is 6.33. The van der Waals surface area contributed by atoms with Gasteiger partial charge in [-0.3, -0.25) is 9.69 Å². The normalized spacial score (nSPS) is 28.2. The van der Waals surface area contributed by atoms with Gasteiger partial charge in [0.2, 0.25) is 5.91 Å². The van der Waals surface area contributed by atoms with Crippen LogP contribution in [-0.4, -0.2) is 67.2 Å². The summed E-state index contributed by atoms with van der Waals surface area (Å²) in [6.07, 6.45) is 0. The van der Waals surface area contributed by atoms with Crippen molar-refractivity contribution < 1.29 is 9.53 Å². The standard InChI is InChI=1S/C12H25N3O2/c1-9-7-14(12(16)11(3)13)8-10(2)15(9)5-6-17-4/h9-11H,5-8,13H2,1-4H3/t9-,10+,11-/m1/s1. The van der Waals surface area contributed by atoms with E-state index >= 15 is 0 Å². The molecule has 0 spiro atoms. The molecule has 0 aliphatic carbocycles. The summed E-state index contributed by atoms with van der Waals surface area (Å²) in [5.74, 6) is 0.0510. The summed E-state index contributed by atoms with van der Waals surface area (Å²) in [7, 11) is 1.71. The lowest BCUT2D eigenvalue weighted by Gasteiger charge is -2.44. The molecular weight excluding hydrogens is 218 g/mol. The number of ether oxygens (including phenoxy) is 1. The van der Waals surface area contributed by atoms with Gasteiger partial charge in [0.15, 0.2) is 0 Å². The molecule has 2 N–H and O–H groups in total. The Labute approximate surface area is 104 Å². The summed E-state index contributed by atoms with van der Waals surface area (Å²) in [6, 6.07) is 0.313. The lowest BCUT2D eigenvalue weighted by atomic mass is 10.1. The van der Waals surface area contributed by atoms with Crippen LogP contribution in [0.3, 0.4) is 0 Å². The van der Waals surface area contributed by atoms with Gasteiger partial charge in [-0.05, 0) is 20.8 Å². The highest BCUT2D eigenvalue weighted by Crippen LogP contribution is 2.15. The summed E-state index contributed by atoms with van der Waals surface area (Å²) in [5.41, 5.74) is 5.65. The average Bonchev–Trinajstić information content (AvgIpc) is 2.26. The third-order valence-corrected chi connectivity index (χ3v) is 3.36. The molecule has 1 rings (SSSR count). The SMILES string of the molecule is COCCN1[C@H](C)CN(C(=O)[C@@H](C)N)C[C@@H]1C. The maximum Gasteiger partial charge on any atom is 0.239 e. The van der Waals surface area contributed by atoms with Crippen LogP contribution in [0.2, 0.25) is 0 Å². The lowest BCUT2D eigenvalue weighted by Crippen LogP contribution is -2.60. The first-order valence-electron chi connectivity index (χ1n) is 6.26. The number of methoxy groups -OCH3 is 1. The molecule has 1 aliphatic heterocycles. The van der Waals surface area contributed by atoms with Gasteiger partial charge < -0.3 is 15.4 Å². The van der Waals surface area contributed by atoms with Crippen LogP contribution in [0, 0.1) is 0 Å². The third-order valence-electron chi connectivity index (χ3n) is 3.36. The van der Waals surface area contributed by atoms with Crippen LogP contribution < -0.4 is 5.73 Å². The quantitative estimate of drug-likeness (QED) is 0.749. The molecule has 0 aromatic carbocycles. The zero-order valence-electron chi connectivity index (χ0n) is 11.3. The molecule has 1 aliphatic rings. The van der Waals surface area contributed by atoms with E-state index in [2.05, 4.69) is 18.7 Å². The minimum absolute atomic E-state index is 0.0510. The first-order valence-corrected chi connectivity index (χ1v) is 6.26. The Morgan fingerprint density at radius 3 is 2.35 bits per heavy atom. The molecule has 1 heterocycles. The first-order chi connectivity index (χ1) is 7.97. The van der Waals surface area contributed by atoms with E-state index in [1.165, 1.54) is 0 Å². The Morgan fingerprint density at radius 1 is 1.41 bits per heavy atom. The van der Waals surface area contributed by atoms with Crippen molar-refractivity contribution in [2.24, 2.45) is 5.73 Å². The third kappa shape index (κ3) is 3.66. The lowest BCUT2D eigenvalue weighted by molar-refractivity contribution is -0.136. The second-order valence-corrected chi connectivity index (χ2v) is 4.96. The van der Waals surface area contributed by atoms with Crippen LogP contribution >= 0.6 is 0 Å². The average molecular weight is 243 g/mol. The van der Waals surface area contributed by atoms with Crippen molar-refractivity contribution in [2.75, 3.05) is 33.4 Å². The maximum atomic E-state index is 11.9. The number of rotatable bonds is 4. The highest BCUT2D eigenvalue weighted by atomic mass is 16.5. The molecule has 17 heavy (non-hydrogen) atoms. The van der Waals surface area contributed by atoms with Gasteiger partial charge >= 0.3 is 0 Å². The van der Waals surface area contributed by atoms with Gasteiger partial charge in [0.1, 0.15) is 0 Å². The number of carbonyl (C=O) groups is 1. The molecule has 5 heteroatoms. The zero-order chi connectivity index (χ0) is 13.0. The highest BCUT2D eigenvalue weighted by molar-refractivity contribution is 5.81. The van der Waals surface area contributed by atoms with Gasteiger partial charge in [0, 0.05) is 38.8 Å². The monoisotopic (exact) mass is 243 g/mol. The van der Waals surface area contributed by atoms with Crippen molar-refractivity contribution in [3.8, 4) is 0 Å². The largest absolute Gasteiger partial charge is 0.383 e. The number of nitrogens with two attached hydrogens (primary N) is 1. The van der Waals surface area contributed by atoms with Gasteiger partial charge in [-0.15, -0.1) is 0 Å². The Bertz CT molecular complexity index is 246. The van der Waals surface area contributed by atoms with Gasteiger partial charge in [-0.2, -0.15) is 0 Å². The molecule has 5 nitrogen and oxygen atoms in total. The minimum atomic E-state index is -0.403. The minimum Gasteiger partial charge on any atom is -0.383 e. The van der Waals surface area contributed by atoms with Crippen LogP contribution in [-0.2, 0) is 9.53 Å². The van der Waals surface area contributed by atoms with E-state index in [1.54, 1.807) is 14.0 Å². The van der Waals surface area contributed by atoms with Crippen molar-refractivity contribution >= 4 is 5.91 Å². The Balaban J connectivity index is 2.57. The van der Waals surface area contributed by atoms with E-state index in [-0.39, 0.29) is 5.91 Å². The fourth-order valence-electron chi connectivity index (χ4n) is 2.46. The number of piperazine rings is 1. The van der Waals surface area contributed by atoms with Gasteiger partial charge in [0.25, 0.3) is 0 Å². The summed E-state index contributed by atoms with van der Waals surface area (Å²) in [5, 5.41) is 0. The zero-order valence-corrected chi connectivity index (χ0v) is 11.3. The topological polar surface area (TPSA) is 58.8 Å². The maximum absolute atomic E-state index is 11.9. The number of amides is 1. The van der Waals surface area contributed by atoms with Crippen LogP contribution in [0.4, 0.5) is 0 Å². The van der Waals surface area contributed by atoms with Crippen LogP contribution in [0.25, 0.3) is 0 Å². The van der Waals surface area contributed by atoms with Gasteiger partial charge in [-0.1, -0.05) is 0 Å². The fraction of sp³-hybridized carbons (Fsp3) is 0.917. The number of nitrogens with zero attached hydrogens (tertiary/aromatic N) is 2. The Morgan fingerprint density at radius 2 is 1.94 bits per heavy atom. The number of hydrogen-bond acceptors (Lipinski definition) is 4. The van der Waals surface area contributed by atoms with Crippen molar-refractivity contribution in [3.63, 3.8) is 0 Å². The highest BCUT2D eigenvalue weighted by Gasteiger charge is 2.32. The second-order valence-electron chi connectivity index (χ2n) is 4.96. The molecule has 1 saturated heterocycles. The summed E-state index contributed by atoms with van der Waals surface area (Å²) in [4.78, 5) is 16.1. The molecule has 100 valence electrons. The Kier molecular flexibility index (Phi) is 5.36. The van der Waals surface area contributed by atoms with Crippen LogP contribution in [0.5, 0.6) is 0 Å². The van der Waals surface area contributed by atoms with E-state index in [0.29, 0.717) is 12.1 Å². The summed E-state index contributed by atoms with van der Waals surface area (Å²) >= 11 is 0. The van der Waals surface area contributed by atoms with Crippen molar-refractivity contribution in [3.05, 3.63) is 0 Å². The molecule has 0 bridgehead atoms. The molecule has 0 aromatic rings. The van der Waals surface area contributed by atoms with Crippen molar-refractivity contribution in [1.82, 2.24) is 9.80 Å². The predicted octanol–water partition coefficient (Wildman–Crippen LogP) is -0.0988. The molecular formula is C12H25N3O2. The molecule has 0 unspecified atom stereocenters.